The van der Waals surface area contributed by atoms with Gasteiger partial charge in [-0.05, 0) is 12.8 Å². The van der Waals surface area contributed by atoms with E-state index < -0.39 is 48.9 Å². The average molecular weight is 364 g/mol. The summed E-state index contributed by atoms with van der Waals surface area (Å²) in [4.78, 5) is 41.5. The molecular formula is C12H24N6O7. The van der Waals surface area contributed by atoms with E-state index in [-0.39, 0.29) is 5.96 Å². The Morgan fingerprint density at radius 2 is 1.68 bits per heavy atom. The zero-order valence-electron chi connectivity index (χ0n) is 13.4. The van der Waals surface area contributed by atoms with Crippen molar-refractivity contribution in [2.24, 2.45) is 22.9 Å². The quantitative estimate of drug-likeness (QED) is 0.0650. The summed E-state index contributed by atoms with van der Waals surface area (Å²) in [6.07, 6.45) is 0.388. The van der Waals surface area contributed by atoms with Crippen LogP contribution in [0.5, 0.6) is 0 Å². The second-order valence-corrected chi connectivity index (χ2v) is 4.63. The lowest BCUT2D eigenvalue weighted by atomic mass is 10.2. The van der Waals surface area contributed by atoms with Crippen molar-refractivity contribution in [1.29, 1.82) is 5.41 Å². The van der Waals surface area contributed by atoms with Crippen LogP contribution in [0.4, 0.5) is 0 Å². The molecule has 13 nitrogen and oxygen atoms in total. The minimum Gasteiger partial charge on any atom is -0.481 e. The van der Waals surface area contributed by atoms with Crippen LogP contribution in [-0.2, 0) is 23.9 Å². The monoisotopic (exact) mass is 364 g/mol. The molecule has 2 unspecified atom stereocenters. The van der Waals surface area contributed by atoms with Crippen molar-refractivity contribution >= 4 is 29.8 Å². The lowest BCUT2D eigenvalue weighted by molar-refractivity contribution is -0.161. The van der Waals surface area contributed by atoms with Gasteiger partial charge < -0.3 is 43.2 Å². The first-order chi connectivity index (χ1) is 11.5. The molecule has 0 aliphatic carbocycles. The molecule has 0 radical (unpaired) electrons. The molecule has 0 aliphatic rings. The van der Waals surface area contributed by atoms with Crippen molar-refractivity contribution in [1.82, 2.24) is 5.32 Å². The summed E-state index contributed by atoms with van der Waals surface area (Å²) in [5.74, 6) is -4.38. The molecule has 0 aromatic heterocycles. The van der Waals surface area contributed by atoms with Crippen LogP contribution in [0, 0.1) is 5.41 Å². The van der Waals surface area contributed by atoms with Crippen LogP contribution < -0.4 is 28.3 Å². The van der Waals surface area contributed by atoms with E-state index in [2.05, 4.69) is 10.1 Å². The van der Waals surface area contributed by atoms with Gasteiger partial charge in [0.25, 0.3) is 0 Å². The standard InChI is InChI=1S/C6H14N4O2.C6H10N2O5/c7-4(5(11)12)2-1-3-10-6(8)9;7-2-5(11)13-6(12)3(8)1-4(9)10/h4H,1-3,7H2,(H,11,12)(H4,8,9,10);3H,1-2,7-8H2,(H,9,10). The number of nitrogens with one attached hydrogen (secondary N) is 2. The molecular weight excluding hydrogens is 340 g/mol. The Balaban J connectivity index is 0. The van der Waals surface area contributed by atoms with Crippen LogP contribution in [0.25, 0.3) is 0 Å². The van der Waals surface area contributed by atoms with Crippen LogP contribution in [-0.4, -0.2) is 65.2 Å². The van der Waals surface area contributed by atoms with E-state index in [0.29, 0.717) is 19.4 Å². The fourth-order valence-corrected chi connectivity index (χ4v) is 1.17. The van der Waals surface area contributed by atoms with Gasteiger partial charge in [-0.1, -0.05) is 0 Å². The molecule has 12 N–H and O–H groups in total. The van der Waals surface area contributed by atoms with Crippen LogP contribution in [0.1, 0.15) is 19.3 Å². The number of ether oxygens (including phenoxy) is 1. The van der Waals surface area contributed by atoms with Gasteiger partial charge in [0.15, 0.2) is 5.96 Å². The number of carboxylic acid groups (broad SMARTS) is 2. The van der Waals surface area contributed by atoms with Gasteiger partial charge in [-0.25, -0.2) is 4.79 Å². The SMILES string of the molecule is N=C(N)NCCCC(N)C(=O)O.NCC(=O)OC(=O)C(N)CC(=O)O. The largest absolute Gasteiger partial charge is 0.481 e. The van der Waals surface area contributed by atoms with Crippen molar-refractivity contribution in [3.63, 3.8) is 0 Å². The summed E-state index contributed by atoms with van der Waals surface area (Å²) >= 11 is 0. The van der Waals surface area contributed by atoms with Crippen molar-refractivity contribution in [2.75, 3.05) is 13.1 Å². The second-order valence-electron chi connectivity index (χ2n) is 4.63. The summed E-state index contributed by atoms with van der Waals surface area (Å²) < 4.78 is 4.07. The highest BCUT2D eigenvalue weighted by molar-refractivity contribution is 5.90. The second kappa shape index (κ2) is 13.6. The van der Waals surface area contributed by atoms with E-state index in [1.807, 2.05) is 0 Å². The molecule has 0 bridgehead atoms. The smallest absolute Gasteiger partial charge is 0.331 e. The third-order valence-corrected chi connectivity index (χ3v) is 2.40. The third-order valence-electron chi connectivity index (χ3n) is 2.40. The molecule has 0 fully saturated rings. The lowest BCUT2D eigenvalue weighted by Crippen LogP contribution is -2.36. The number of esters is 2. The Kier molecular flexibility index (Phi) is 13.4. The molecule has 0 saturated heterocycles. The summed E-state index contributed by atoms with van der Waals surface area (Å²) in [7, 11) is 0. The van der Waals surface area contributed by atoms with Crippen molar-refractivity contribution < 1.29 is 34.1 Å². The van der Waals surface area contributed by atoms with Gasteiger partial charge in [-0.2, -0.15) is 0 Å². The Labute approximate surface area is 143 Å². The van der Waals surface area contributed by atoms with E-state index in [1.165, 1.54) is 0 Å². The Morgan fingerprint density at radius 3 is 2.08 bits per heavy atom. The number of guanidine groups is 1. The molecule has 13 heteroatoms. The van der Waals surface area contributed by atoms with Gasteiger partial charge in [0, 0.05) is 6.54 Å². The molecule has 2 atom stereocenters. The number of carbonyl (C=O) groups excluding carboxylic acids is 2. The summed E-state index contributed by atoms with van der Waals surface area (Å²) in [5, 5.41) is 25.9. The first-order valence-corrected chi connectivity index (χ1v) is 6.99. The van der Waals surface area contributed by atoms with Crippen LogP contribution in [0.15, 0.2) is 0 Å². The van der Waals surface area contributed by atoms with Crippen molar-refractivity contribution in [3.05, 3.63) is 0 Å². The van der Waals surface area contributed by atoms with Crippen molar-refractivity contribution in [2.45, 2.75) is 31.3 Å². The van der Waals surface area contributed by atoms with E-state index in [0.717, 1.165) is 0 Å². The molecule has 144 valence electrons. The van der Waals surface area contributed by atoms with E-state index in [9.17, 15) is 19.2 Å². The van der Waals surface area contributed by atoms with Gasteiger partial charge in [-0.15, -0.1) is 0 Å². The van der Waals surface area contributed by atoms with Gasteiger partial charge in [0.2, 0.25) is 0 Å². The zero-order chi connectivity index (χ0) is 20.0. The number of rotatable bonds is 9. The fraction of sp³-hybridized carbons (Fsp3) is 0.583. The zero-order valence-corrected chi connectivity index (χ0v) is 13.4. The molecule has 0 rings (SSSR count). The number of nitrogens with two attached hydrogens (primary N) is 4. The van der Waals surface area contributed by atoms with Gasteiger partial charge >= 0.3 is 23.9 Å². The molecule has 0 aromatic carbocycles. The summed E-state index contributed by atoms with van der Waals surface area (Å²) in [6, 6.07) is -2.16. The highest BCUT2D eigenvalue weighted by Gasteiger charge is 2.20. The Hall–Kier alpha value is -2.77. The predicted octanol–water partition coefficient (Wildman–Crippen LogP) is -3.52. The molecule has 0 spiro atoms. The maximum Gasteiger partial charge on any atom is 0.331 e. The topological polar surface area (TPSA) is 258 Å². The summed E-state index contributed by atoms with van der Waals surface area (Å²) in [5.41, 5.74) is 20.1. The Morgan fingerprint density at radius 1 is 1.12 bits per heavy atom. The highest BCUT2D eigenvalue weighted by atomic mass is 16.6. The number of carbonyl (C=O) groups is 4. The fourth-order valence-electron chi connectivity index (χ4n) is 1.17. The van der Waals surface area contributed by atoms with Crippen LogP contribution in [0.2, 0.25) is 0 Å². The number of aliphatic carboxylic acids is 2. The first kappa shape index (κ1) is 24.5. The molecule has 0 saturated carbocycles. The minimum absolute atomic E-state index is 0.112. The van der Waals surface area contributed by atoms with Crippen molar-refractivity contribution in [3.8, 4) is 0 Å². The maximum atomic E-state index is 10.8. The number of hydrogen-bond acceptors (Lipinski definition) is 9. The molecule has 0 amide bonds. The summed E-state index contributed by atoms with van der Waals surface area (Å²) in [6.45, 7) is 0.0296. The lowest BCUT2D eigenvalue weighted by Gasteiger charge is -2.06. The molecule has 0 aliphatic heterocycles. The highest BCUT2D eigenvalue weighted by Crippen LogP contribution is 1.93. The van der Waals surface area contributed by atoms with Gasteiger partial charge in [0.05, 0.1) is 13.0 Å². The first-order valence-electron chi connectivity index (χ1n) is 6.99. The third kappa shape index (κ3) is 15.9. The number of carboxylic acids is 2. The van der Waals surface area contributed by atoms with E-state index in [1.54, 1.807) is 0 Å². The van der Waals surface area contributed by atoms with Gasteiger partial charge in [0.1, 0.15) is 12.1 Å². The predicted molar refractivity (Wildman–Crippen MR) is 85.1 cm³/mol. The number of hydrogen-bond donors (Lipinski definition) is 8. The average Bonchev–Trinajstić information content (AvgIpc) is 2.50. The van der Waals surface area contributed by atoms with Crippen LogP contribution in [0.3, 0.4) is 0 Å². The molecule has 0 aromatic rings. The van der Waals surface area contributed by atoms with Crippen LogP contribution >= 0.6 is 0 Å². The van der Waals surface area contributed by atoms with E-state index in [4.69, 9.17) is 38.6 Å². The van der Waals surface area contributed by atoms with Gasteiger partial charge in [-0.3, -0.25) is 19.8 Å². The molecule has 0 heterocycles. The van der Waals surface area contributed by atoms with E-state index >= 15 is 0 Å². The minimum atomic E-state index is -1.34. The Bertz CT molecular complexity index is 485. The normalized spacial score (nSPS) is 12.0. The molecule has 25 heavy (non-hydrogen) atoms. The maximum absolute atomic E-state index is 10.8.